The highest BCUT2D eigenvalue weighted by atomic mass is 127. The van der Waals surface area contributed by atoms with Gasteiger partial charge in [0.05, 0.1) is 46.8 Å². The maximum Gasteiger partial charge on any atom is 0.247 e. The van der Waals surface area contributed by atoms with Crippen molar-refractivity contribution < 1.29 is 18.6 Å². The Morgan fingerprint density at radius 3 is 1.73 bits per heavy atom. The van der Waals surface area contributed by atoms with Crippen molar-refractivity contribution in [3.05, 3.63) is 44.3 Å². The van der Waals surface area contributed by atoms with E-state index < -0.39 is 20.9 Å². The second-order valence-electron chi connectivity index (χ2n) is 9.92. The van der Waals surface area contributed by atoms with Crippen molar-refractivity contribution in [2.75, 3.05) is 25.7 Å². The summed E-state index contributed by atoms with van der Waals surface area (Å²) in [7, 11) is -3.46. The largest absolute Gasteiger partial charge is 0.394 e. The Kier molecular flexibility index (Phi) is 10.7. The summed E-state index contributed by atoms with van der Waals surface area (Å²) in [6.45, 7) is 7.54. The van der Waals surface area contributed by atoms with Crippen molar-refractivity contribution in [1.29, 1.82) is 0 Å². The molecule has 0 radical (unpaired) electrons. The number of thioether (sulfide) groups is 1. The number of sulfone groups is 1. The smallest absolute Gasteiger partial charge is 0.247 e. The molecule has 0 bridgehead atoms. The van der Waals surface area contributed by atoms with Gasteiger partial charge in [-0.1, -0.05) is 11.8 Å². The van der Waals surface area contributed by atoms with Gasteiger partial charge in [-0.3, -0.25) is 9.36 Å². The molecule has 12 nitrogen and oxygen atoms in total. The van der Waals surface area contributed by atoms with Crippen LogP contribution in [0.5, 0.6) is 0 Å². The van der Waals surface area contributed by atoms with Crippen molar-refractivity contribution in [1.82, 2.24) is 39.5 Å². The Labute approximate surface area is 264 Å². The molecule has 0 aliphatic carbocycles. The summed E-state index contributed by atoms with van der Waals surface area (Å²) in [4.78, 5) is 16.5. The molecular weight excluding hydrogens is 782 g/mol. The van der Waals surface area contributed by atoms with E-state index in [9.17, 15) is 18.6 Å². The molecule has 0 unspecified atom stereocenters. The third-order valence-electron chi connectivity index (χ3n) is 5.69. The number of hydrogen-bond acceptors (Lipinski definition) is 11. The lowest BCUT2D eigenvalue weighted by molar-refractivity contribution is 0.152. The van der Waals surface area contributed by atoms with E-state index >= 15 is 0 Å². The normalized spacial score (nSPS) is 12.2. The van der Waals surface area contributed by atoms with Crippen molar-refractivity contribution in [2.45, 2.75) is 49.1 Å². The molecule has 4 rings (SSSR count). The van der Waals surface area contributed by atoms with Crippen LogP contribution in [0.3, 0.4) is 0 Å². The van der Waals surface area contributed by atoms with Crippen LogP contribution in [-0.2, 0) is 20.9 Å². The molecule has 0 saturated heterocycles. The number of aliphatic hydroxyl groups excluding tert-OH is 2. The monoisotopic (exact) mass is 812 g/mol. The summed E-state index contributed by atoms with van der Waals surface area (Å²) < 4.78 is 28.0. The Morgan fingerprint density at radius 2 is 1.30 bits per heavy atom. The minimum atomic E-state index is -3.46. The van der Waals surface area contributed by atoms with Crippen LogP contribution in [0.25, 0.3) is 22.5 Å². The maximum atomic E-state index is 11.5. The molecule has 4 aromatic heterocycles. The van der Waals surface area contributed by atoms with E-state index in [-0.39, 0.29) is 18.4 Å². The molecule has 0 atom stereocenters. The van der Waals surface area contributed by atoms with Crippen LogP contribution in [-0.4, -0.2) is 83.9 Å². The highest BCUT2D eigenvalue weighted by molar-refractivity contribution is 14.1. The van der Waals surface area contributed by atoms with Gasteiger partial charge in [0.25, 0.3) is 0 Å². The molecule has 4 aromatic rings. The van der Waals surface area contributed by atoms with Gasteiger partial charge in [-0.15, -0.1) is 0 Å². The highest BCUT2D eigenvalue weighted by Gasteiger charge is 2.24. The number of aliphatic hydroxyl groups is 2. The summed E-state index contributed by atoms with van der Waals surface area (Å²) in [5.41, 5.74) is 2.01. The Morgan fingerprint density at radius 1 is 0.850 bits per heavy atom. The number of halogens is 2. The van der Waals surface area contributed by atoms with Crippen LogP contribution in [0.4, 0.5) is 0 Å². The molecule has 16 heteroatoms. The summed E-state index contributed by atoms with van der Waals surface area (Å²) in [6.07, 6.45) is 9.83. The summed E-state index contributed by atoms with van der Waals surface area (Å²) in [5, 5.41) is 28.1. The zero-order valence-electron chi connectivity index (χ0n) is 22.7. The lowest BCUT2D eigenvalue weighted by Gasteiger charge is -2.22. The number of rotatable bonds is 8. The van der Waals surface area contributed by atoms with Crippen molar-refractivity contribution in [3.8, 4) is 22.5 Å². The van der Waals surface area contributed by atoms with Gasteiger partial charge in [-0.25, -0.2) is 28.4 Å². The fraction of sp³-hybridized carbons (Fsp3) is 0.417. The molecule has 0 aliphatic heterocycles. The first-order valence-corrected chi connectivity index (χ1v) is 17.0. The zero-order chi connectivity index (χ0) is 29.9. The van der Waals surface area contributed by atoms with E-state index in [1.165, 1.54) is 18.0 Å². The van der Waals surface area contributed by atoms with E-state index in [4.69, 9.17) is 0 Å². The summed E-state index contributed by atoms with van der Waals surface area (Å²) in [5.74, 6) is 0. The number of aromatic nitrogens is 8. The second kappa shape index (κ2) is 13.1. The first kappa shape index (κ1) is 32.8. The average Bonchev–Trinajstić information content (AvgIpc) is 3.52. The fourth-order valence-electron chi connectivity index (χ4n) is 3.07. The maximum absolute atomic E-state index is 11.5. The van der Waals surface area contributed by atoms with Crippen LogP contribution in [0.15, 0.2) is 47.2 Å². The minimum Gasteiger partial charge on any atom is -0.394 e. The first-order chi connectivity index (χ1) is 18.6. The van der Waals surface area contributed by atoms with Gasteiger partial charge >= 0.3 is 0 Å². The van der Waals surface area contributed by atoms with Crippen molar-refractivity contribution in [2.24, 2.45) is 0 Å². The highest BCUT2D eigenvalue weighted by Crippen LogP contribution is 2.27. The van der Waals surface area contributed by atoms with E-state index in [0.29, 0.717) is 15.0 Å². The van der Waals surface area contributed by atoms with Gasteiger partial charge in [0.1, 0.15) is 7.40 Å². The first-order valence-electron chi connectivity index (χ1n) is 11.8. The third-order valence-corrected chi connectivity index (χ3v) is 8.70. The molecule has 0 fully saturated rings. The van der Waals surface area contributed by atoms with Crippen LogP contribution >= 0.6 is 56.9 Å². The van der Waals surface area contributed by atoms with E-state index in [1.54, 1.807) is 27.8 Å². The van der Waals surface area contributed by atoms with Gasteiger partial charge in [0, 0.05) is 31.0 Å². The Hall–Kier alpha value is -1.74. The average molecular weight is 812 g/mol. The Bertz CT molecular complexity index is 1590. The van der Waals surface area contributed by atoms with E-state index in [1.807, 2.05) is 46.2 Å². The molecule has 0 aromatic carbocycles. The van der Waals surface area contributed by atoms with Crippen molar-refractivity contribution in [3.63, 3.8) is 0 Å². The topological polar surface area (TPSA) is 162 Å². The lowest BCUT2D eigenvalue weighted by Crippen LogP contribution is -2.30. The van der Waals surface area contributed by atoms with Gasteiger partial charge in [0.2, 0.25) is 15.0 Å². The lowest BCUT2D eigenvalue weighted by atomic mass is 10.1. The summed E-state index contributed by atoms with van der Waals surface area (Å²) in [6, 6.07) is 3.50. The standard InChI is InChI=1S/C12H15IN4O3S.C12H15IN4OS/c1-12(2,7-18)17-6-8(10(13)16-17)9-4-5-14-11(15-9)21(3,19)20;1-12(2,7-18)17-6-8(10(13)16-17)9-4-5-14-11(15-9)19-3/h4-6,18H,7H2,1-3H3;4-6,18H,7H2,1-3H3. The fourth-order valence-corrected chi connectivity index (χ4v) is 5.24. The van der Waals surface area contributed by atoms with Gasteiger partial charge in [-0.05, 0) is 91.3 Å². The molecule has 40 heavy (non-hydrogen) atoms. The zero-order valence-corrected chi connectivity index (χ0v) is 28.7. The van der Waals surface area contributed by atoms with Crippen molar-refractivity contribution >= 4 is 66.8 Å². The number of hydrogen-bond donors (Lipinski definition) is 2. The molecule has 0 aliphatic rings. The van der Waals surface area contributed by atoms with E-state index in [0.717, 1.165) is 26.4 Å². The molecule has 4 heterocycles. The molecule has 0 spiro atoms. The van der Waals surface area contributed by atoms with Gasteiger partial charge in [-0.2, -0.15) is 10.2 Å². The van der Waals surface area contributed by atoms with Crippen LogP contribution < -0.4 is 0 Å². The van der Waals surface area contributed by atoms with E-state index in [2.05, 4.69) is 75.3 Å². The SMILES string of the molecule is CC(C)(CO)n1cc(-c2ccnc(S(C)(=O)=O)n2)c(I)n1.CSc1nccc(-c2cn(C(C)(C)CO)nc2I)n1. The molecule has 216 valence electrons. The molecule has 2 N–H and O–H groups in total. The quantitative estimate of drug-likeness (QED) is 0.152. The minimum absolute atomic E-state index is 0.0318. The second-order valence-corrected chi connectivity index (χ2v) is 14.6. The van der Waals surface area contributed by atoms with Crippen LogP contribution in [0, 0.1) is 7.40 Å². The van der Waals surface area contributed by atoms with Crippen LogP contribution in [0.1, 0.15) is 27.7 Å². The molecular formula is C24H30I2N8O4S2. The predicted molar refractivity (Wildman–Crippen MR) is 170 cm³/mol. The third kappa shape index (κ3) is 7.75. The molecule has 0 amide bonds. The van der Waals surface area contributed by atoms with Crippen LogP contribution in [0.2, 0.25) is 0 Å². The molecule has 0 saturated carbocycles. The number of nitrogens with zero attached hydrogens (tertiary/aromatic N) is 8. The Balaban J connectivity index is 0.000000222. The summed E-state index contributed by atoms with van der Waals surface area (Å²) >= 11 is 5.74. The van der Waals surface area contributed by atoms with Gasteiger partial charge < -0.3 is 10.2 Å². The predicted octanol–water partition coefficient (Wildman–Crippen LogP) is 3.47. The van der Waals surface area contributed by atoms with Gasteiger partial charge in [0.15, 0.2) is 5.16 Å².